The number of nitrogens with two attached hydrogens (primary N) is 1. The van der Waals surface area contributed by atoms with Crippen molar-refractivity contribution in [2.75, 3.05) is 26.4 Å². The first-order valence-electron chi connectivity index (χ1n) is 17.1. The van der Waals surface area contributed by atoms with Gasteiger partial charge in [0.05, 0.1) is 12.3 Å². The third-order valence-electron chi connectivity index (χ3n) is 8.61. The van der Waals surface area contributed by atoms with E-state index < -0.39 is 29.3 Å². The lowest BCUT2D eigenvalue weighted by Crippen LogP contribution is -2.58. The van der Waals surface area contributed by atoms with Crippen molar-refractivity contribution in [3.05, 3.63) is 96.0 Å². The van der Waals surface area contributed by atoms with E-state index in [1.54, 1.807) is 53.4 Å². The Morgan fingerprint density at radius 1 is 0.942 bits per heavy atom. The van der Waals surface area contributed by atoms with Crippen LogP contribution in [0.15, 0.2) is 83.6 Å². The number of oxazole rings is 1. The van der Waals surface area contributed by atoms with Gasteiger partial charge in [0.25, 0.3) is 0 Å². The normalized spacial score (nSPS) is 14.8. The Kier molecular flexibility index (Phi) is 12.3. The first-order valence-corrected chi connectivity index (χ1v) is 17.1. The van der Waals surface area contributed by atoms with Crippen LogP contribution in [0, 0.1) is 12.3 Å². The van der Waals surface area contributed by atoms with E-state index in [1.165, 1.54) is 6.39 Å². The number of nitrogens with one attached hydrogen (secondary N) is 2. The van der Waals surface area contributed by atoms with Crippen LogP contribution in [0.25, 0.3) is 11.3 Å². The van der Waals surface area contributed by atoms with Crippen LogP contribution < -0.4 is 25.8 Å². The fourth-order valence-electron chi connectivity index (χ4n) is 5.79. The average Bonchev–Trinajstić information content (AvgIpc) is 3.79. The van der Waals surface area contributed by atoms with Crippen LogP contribution in [-0.2, 0) is 25.7 Å². The molecule has 0 unspecified atom stereocenters. The summed E-state index contributed by atoms with van der Waals surface area (Å²) < 4.78 is 22.5. The quantitative estimate of drug-likeness (QED) is 0.147. The van der Waals surface area contributed by atoms with E-state index in [0.29, 0.717) is 54.5 Å². The molecule has 2 heterocycles. The molecule has 1 aromatic heterocycles. The van der Waals surface area contributed by atoms with Crippen molar-refractivity contribution in [3.63, 3.8) is 0 Å². The molecule has 5 rings (SSSR count). The maximum Gasteiger partial charge on any atom is 0.248 e. The van der Waals surface area contributed by atoms with Gasteiger partial charge in [-0.1, -0.05) is 45.0 Å². The predicted octanol–water partition coefficient (Wildman–Crippen LogP) is 4.77. The van der Waals surface area contributed by atoms with E-state index in [4.69, 9.17) is 24.4 Å². The van der Waals surface area contributed by atoms with Gasteiger partial charge in [0.1, 0.15) is 42.5 Å². The summed E-state index contributed by atoms with van der Waals surface area (Å²) in [6, 6.07) is 19.6. The maximum atomic E-state index is 13.8. The molecule has 0 spiro atoms. The summed E-state index contributed by atoms with van der Waals surface area (Å²) in [5.41, 5.74) is 7.65. The lowest BCUT2D eigenvalue weighted by Gasteiger charge is -2.35. The predicted molar refractivity (Wildman–Crippen MR) is 192 cm³/mol. The Labute approximate surface area is 302 Å². The molecule has 2 atom stereocenters. The molecule has 274 valence electrons. The number of carbonyl (C=O) groups is 4. The number of ether oxygens (including phenoxy) is 3. The molecule has 3 aromatic carbocycles. The monoisotopic (exact) mass is 711 g/mol. The number of aryl methyl sites for hydroxylation is 1. The molecule has 1 saturated heterocycles. The van der Waals surface area contributed by atoms with Crippen LogP contribution in [0.5, 0.6) is 17.2 Å². The molecule has 0 aliphatic carbocycles. The van der Waals surface area contributed by atoms with Gasteiger partial charge in [0.2, 0.25) is 23.6 Å². The van der Waals surface area contributed by atoms with Crippen LogP contribution in [0.2, 0.25) is 0 Å². The minimum atomic E-state index is -0.859. The number of carbonyl (C=O) groups excluding carboxylic acids is 4. The Morgan fingerprint density at radius 3 is 2.21 bits per heavy atom. The number of amides is 4. The Morgan fingerprint density at radius 2 is 1.60 bits per heavy atom. The summed E-state index contributed by atoms with van der Waals surface area (Å²) in [5.74, 6) is 0.940. The number of likely N-dealkylation sites (tertiary alicyclic amines) is 1. The van der Waals surface area contributed by atoms with E-state index in [2.05, 4.69) is 15.6 Å². The zero-order valence-corrected chi connectivity index (χ0v) is 29.8. The van der Waals surface area contributed by atoms with Gasteiger partial charge in [-0.15, -0.1) is 0 Å². The van der Waals surface area contributed by atoms with Crippen LogP contribution >= 0.6 is 0 Å². The number of primary amides is 1. The van der Waals surface area contributed by atoms with Crippen molar-refractivity contribution >= 4 is 23.6 Å². The number of nitrogens with zero attached hydrogens (tertiary/aromatic N) is 2. The second-order valence-corrected chi connectivity index (χ2v) is 13.6. The van der Waals surface area contributed by atoms with Crippen molar-refractivity contribution < 1.29 is 37.8 Å². The maximum absolute atomic E-state index is 13.8. The fraction of sp³-hybridized carbons (Fsp3) is 0.359. The van der Waals surface area contributed by atoms with Gasteiger partial charge in [-0.25, -0.2) is 4.98 Å². The molecular formula is C39H45N5O8. The van der Waals surface area contributed by atoms with Crippen molar-refractivity contribution in [2.45, 2.75) is 59.2 Å². The molecular weight excluding hydrogens is 666 g/mol. The molecule has 4 amide bonds. The second-order valence-electron chi connectivity index (χ2n) is 13.6. The Bertz CT molecular complexity index is 1830. The van der Waals surface area contributed by atoms with Gasteiger partial charge < -0.3 is 39.9 Å². The van der Waals surface area contributed by atoms with Crippen molar-refractivity contribution in [1.82, 2.24) is 20.5 Å². The first kappa shape index (κ1) is 37.6. The molecule has 1 fully saturated rings. The summed E-state index contributed by atoms with van der Waals surface area (Å²) in [6.07, 6.45) is 2.63. The summed E-state index contributed by atoms with van der Waals surface area (Å²) >= 11 is 0. The van der Waals surface area contributed by atoms with Crippen molar-refractivity contribution in [2.24, 2.45) is 11.1 Å². The zero-order valence-electron chi connectivity index (χ0n) is 29.8. The number of benzene rings is 3. The van der Waals surface area contributed by atoms with Gasteiger partial charge in [-0.2, -0.15) is 0 Å². The lowest BCUT2D eigenvalue weighted by atomic mass is 9.85. The summed E-state index contributed by atoms with van der Waals surface area (Å²) in [5, 5.41) is 5.81. The van der Waals surface area contributed by atoms with Crippen molar-refractivity contribution in [1.29, 1.82) is 0 Å². The molecule has 0 radical (unpaired) electrons. The molecule has 13 heteroatoms. The number of aromatic nitrogens is 1. The van der Waals surface area contributed by atoms with E-state index in [9.17, 15) is 19.2 Å². The molecule has 4 N–H and O–H groups in total. The highest BCUT2D eigenvalue weighted by molar-refractivity contribution is 5.93. The van der Waals surface area contributed by atoms with Crippen LogP contribution in [-0.4, -0.2) is 72.0 Å². The SMILES string of the molecule is Cc1ncoc1-c1ccc(CNC(=O)[C@@H]2CCCN2C(=O)[C@@H](NC(=O)COCCOc2ccc(Oc3ccc(C(N)=O)cc3)cc2)C(C)(C)C)cc1. The molecule has 0 saturated carbocycles. The van der Waals surface area contributed by atoms with E-state index in [1.807, 2.05) is 52.0 Å². The molecule has 4 aromatic rings. The summed E-state index contributed by atoms with van der Waals surface area (Å²) in [4.78, 5) is 57.0. The minimum Gasteiger partial charge on any atom is -0.491 e. The fourth-order valence-corrected chi connectivity index (χ4v) is 5.79. The van der Waals surface area contributed by atoms with Crippen molar-refractivity contribution in [3.8, 4) is 28.6 Å². The van der Waals surface area contributed by atoms with Gasteiger partial charge in [-0.3, -0.25) is 19.2 Å². The lowest BCUT2D eigenvalue weighted by molar-refractivity contribution is -0.144. The van der Waals surface area contributed by atoms with Crippen LogP contribution in [0.3, 0.4) is 0 Å². The summed E-state index contributed by atoms with van der Waals surface area (Å²) in [7, 11) is 0. The van der Waals surface area contributed by atoms with E-state index in [0.717, 1.165) is 16.8 Å². The van der Waals surface area contributed by atoms with Gasteiger partial charge in [-0.05, 0) is 79.3 Å². The largest absolute Gasteiger partial charge is 0.491 e. The average molecular weight is 712 g/mol. The molecule has 13 nitrogen and oxygen atoms in total. The topological polar surface area (TPSA) is 175 Å². The van der Waals surface area contributed by atoms with E-state index in [-0.39, 0.29) is 31.6 Å². The van der Waals surface area contributed by atoms with Gasteiger partial charge in [0, 0.05) is 24.2 Å². The third-order valence-corrected chi connectivity index (χ3v) is 8.61. The number of hydrogen-bond acceptors (Lipinski definition) is 9. The van der Waals surface area contributed by atoms with Gasteiger partial charge in [0.15, 0.2) is 12.2 Å². The second kappa shape index (κ2) is 17.0. The molecule has 52 heavy (non-hydrogen) atoms. The minimum absolute atomic E-state index is 0.142. The highest BCUT2D eigenvalue weighted by Gasteiger charge is 2.41. The number of hydrogen-bond donors (Lipinski definition) is 3. The smallest absolute Gasteiger partial charge is 0.248 e. The van der Waals surface area contributed by atoms with E-state index >= 15 is 0 Å². The van der Waals surface area contributed by atoms with Gasteiger partial charge >= 0.3 is 0 Å². The summed E-state index contributed by atoms with van der Waals surface area (Å²) in [6.45, 7) is 8.30. The zero-order chi connectivity index (χ0) is 37.3. The first-order chi connectivity index (χ1) is 24.9. The third kappa shape index (κ3) is 9.97. The highest BCUT2D eigenvalue weighted by atomic mass is 16.5. The molecule has 1 aliphatic heterocycles. The molecule has 0 bridgehead atoms. The highest BCUT2D eigenvalue weighted by Crippen LogP contribution is 2.27. The van der Waals surface area contributed by atoms with Crippen LogP contribution in [0.1, 0.15) is 55.2 Å². The standard InChI is InChI=1S/C39H45N5O8/c1-25-34(51-24-42-25)27-9-7-26(8-10-27)22-41-37(47)32-6-5-19-44(32)38(48)35(39(2,3)4)43-33(45)23-49-20-21-50-29-15-17-31(18-16-29)52-30-13-11-28(12-14-30)36(40)46/h7-18,24,32,35H,5-6,19-23H2,1-4H3,(H2,40,46)(H,41,47)(H,43,45)/t32-,35+/m0/s1. The number of rotatable bonds is 15. The Hall–Kier alpha value is -5.69. The van der Waals surface area contributed by atoms with Crippen LogP contribution in [0.4, 0.5) is 0 Å². The Balaban J connectivity index is 1.05. The molecule has 1 aliphatic rings.